The molecule has 6 heteroatoms. The van der Waals surface area contributed by atoms with Gasteiger partial charge in [-0.1, -0.05) is 0 Å². The van der Waals surface area contributed by atoms with Crippen molar-refractivity contribution in [3.8, 4) is 11.6 Å². The molecule has 0 unspecified atom stereocenters. The van der Waals surface area contributed by atoms with Crippen LogP contribution in [0, 0.1) is 0 Å². The second-order valence-corrected chi connectivity index (χ2v) is 7.06. The molecule has 1 N–H and O–H groups in total. The number of methoxy groups -OCH3 is 2. The normalized spacial score (nSPS) is 18.4. The summed E-state index contributed by atoms with van der Waals surface area (Å²) in [5, 5.41) is 3.81. The molecule has 2 aromatic rings. The maximum Gasteiger partial charge on any atom is 0.257 e. The van der Waals surface area contributed by atoms with E-state index in [1.165, 1.54) is 11.3 Å². The molecule has 4 rings (SSSR count). The van der Waals surface area contributed by atoms with Crippen molar-refractivity contribution in [1.82, 2.24) is 14.9 Å². The monoisotopic (exact) mass is 342 g/mol. The molecule has 25 heavy (non-hydrogen) atoms. The summed E-state index contributed by atoms with van der Waals surface area (Å²) in [5.41, 5.74) is 5.49. The number of hydrogen-bond acceptors (Lipinski definition) is 6. The SMILES string of the molecule is COc1cc2nc3c(c(NC4CCN(C)CC4)c2nc1OC)CCC3. The average molecular weight is 342 g/mol. The maximum absolute atomic E-state index is 5.42. The molecule has 0 spiro atoms. The van der Waals surface area contributed by atoms with Crippen LogP contribution in [0.5, 0.6) is 11.6 Å². The molecule has 3 heterocycles. The molecule has 0 atom stereocenters. The number of piperidine rings is 1. The van der Waals surface area contributed by atoms with E-state index < -0.39 is 0 Å². The summed E-state index contributed by atoms with van der Waals surface area (Å²) in [6, 6.07) is 2.43. The Morgan fingerprint density at radius 2 is 1.92 bits per heavy atom. The van der Waals surface area contributed by atoms with E-state index in [0.29, 0.717) is 17.7 Å². The van der Waals surface area contributed by atoms with Gasteiger partial charge in [-0.25, -0.2) is 4.98 Å². The standard InChI is InChI=1S/C19H26N4O2/c1-23-9-7-12(8-10-23)20-17-13-5-4-6-14(13)21-15-11-16(24-2)19(25-3)22-18(15)17/h11-12H,4-10H2,1-3H3,(H,20,21). The fraction of sp³-hybridized carbons (Fsp3) is 0.579. The Kier molecular flexibility index (Phi) is 4.37. The van der Waals surface area contributed by atoms with Crippen LogP contribution in [0.25, 0.3) is 11.0 Å². The Labute approximate surface area is 148 Å². The van der Waals surface area contributed by atoms with Gasteiger partial charge in [-0.2, -0.15) is 0 Å². The summed E-state index contributed by atoms with van der Waals surface area (Å²) in [6.07, 6.45) is 5.59. The van der Waals surface area contributed by atoms with Gasteiger partial charge < -0.3 is 19.7 Å². The topological polar surface area (TPSA) is 59.5 Å². The highest BCUT2D eigenvalue weighted by molar-refractivity contribution is 5.92. The number of pyridine rings is 2. The molecule has 134 valence electrons. The number of aromatic nitrogens is 2. The number of nitrogens with one attached hydrogen (secondary N) is 1. The molecule has 2 aromatic heterocycles. The van der Waals surface area contributed by atoms with Crippen molar-refractivity contribution in [2.75, 3.05) is 39.7 Å². The van der Waals surface area contributed by atoms with Crippen molar-refractivity contribution >= 4 is 16.7 Å². The van der Waals surface area contributed by atoms with Crippen molar-refractivity contribution < 1.29 is 9.47 Å². The number of fused-ring (bicyclic) bond motifs is 2. The zero-order valence-corrected chi connectivity index (χ0v) is 15.3. The molecule has 1 aliphatic carbocycles. The summed E-state index contributed by atoms with van der Waals surface area (Å²) in [7, 11) is 5.45. The van der Waals surface area contributed by atoms with Crippen molar-refractivity contribution in [2.45, 2.75) is 38.1 Å². The third kappa shape index (κ3) is 2.99. The first-order valence-corrected chi connectivity index (χ1v) is 9.09. The zero-order chi connectivity index (χ0) is 17.4. The second kappa shape index (κ2) is 6.67. The van der Waals surface area contributed by atoms with Gasteiger partial charge in [0.05, 0.1) is 25.4 Å². The molecular formula is C19H26N4O2. The van der Waals surface area contributed by atoms with Crippen molar-refractivity contribution in [1.29, 1.82) is 0 Å². The van der Waals surface area contributed by atoms with Gasteiger partial charge in [-0.3, -0.25) is 4.98 Å². The van der Waals surface area contributed by atoms with Crippen LogP contribution in [0.1, 0.15) is 30.5 Å². The number of likely N-dealkylation sites (tertiary alicyclic amines) is 1. The lowest BCUT2D eigenvalue weighted by Gasteiger charge is -2.31. The number of rotatable bonds is 4. The van der Waals surface area contributed by atoms with Gasteiger partial charge in [0.25, 0.3) is 5.88 Å². The van der Waals surface area contributed by atoms with E-state index >= 15 is 0 Å². The molecule has 0 bridgehead atoms. The summed E-state index contributed by atoms with van der Waals surface area (Å²) >= 11 is 0. The molecule has 6 nitrogen and oxygen atoms in total. The predicted molar refractivity (Wildman–Crippen MR) is 98.8 cm³/mol. The van der Waals surface area contributed by atoms with Crippen LogP contribution < -0.4 is 14.8 Å². The Balaban J connectivity index is 1.80. The van der Waals surface area contributed by atoms with Crippen LogP contribution in [0.4, 0.5) is 5.69 Å². The van der Waals surface area contributed by atoms with Gasteiger partial charge in [-0.05, 0) is 57.8 Å². The van der Waals surface area contributed by atoms with Crippen molar-refractivity contribution in [2.24, 2.45) is 0 Å². The van der Waals surface area contributed by atoms with Gasteiger partial charge in [0.15, 0.2) is 5.75 Å². The Hall–Kier alpha value is -2.08. The van der Waals surface area contributed by atoms with Crippen molar-refractivity contribution in [3.63, 3.8) is 0 Å². The fourth-order valence-corrected chi connectivity index (χ4v) is 3.95. The summed E-state index contributed by atoms with van der Waals surface area (Å²) in [5.74, 6) is 1.15. The van der Waals surface area contributed by atoms with Crippen molar-refractivity contribution in [3.05, 3.63) is 17.3 Å². The summed E-state index contributed by atoms with van der Waals surface area (Å²) in [6.45, 7) is 2.26. The van der Waals surface area contributed by atoms with Crippen LogP contribution >= 0.6 is 0 Å². The molecule has 1 aliphatic heterocycles. The van der Waals surface area contributed by atoms with Crippen LogP contribution in [0.3, 0.4) is 0 Å². The highest BCUT2D eigenvalue weighted by Crippen LogP contribution is 2.38. The van der Waals surface area contributed by atoms with E-state index in [2.05, 4.69) is 17.3 Å². The molecule has 0 saturated carbocycles. The first-order valence-electron chi connectivity index (χ1n) is 9.09. The van der Waals surface area contributed by atoms with Gasteiger partial charge >= 0.3 is 0 Å². The van der Waals surface area contributed by atoms with E-state index in [1.807, 2.05) is 6.07 Å². The smallest absolute Gasteiger partial charge is 0.257 e. The molecular weight excluding hydrogens is 316 g/mol. The molecule has 0 amide bonds. The number of ether oxygens (including phenoxy) is 2. The van der Waals surface area contributed by atoms with Crippen LogP contribution in [0.15, 0.2) is 6.07 Å². The highest BCUT2D eigenvalue weighted by atomic mass is 16.5. The number of hydrogen-bond donors (Lipinski definition) is 1. The summed E-state index contributed by atoms with van der Waals surface area (Å²) < 4.78 is 10.8. The highest BCUT2D eigenvalue weighted by Gasteiger charge is 2.25. The lowest BCUT2D eigenvalue weighted by atomic mass is 10.0. The minimum atomic E-state index is 0.487. The number of nitrogens with zero attached hydrogens (tertiary/aromatic N) is 3. The molecule has 1 saturated heterocycles. The molecule has 0 radical (unpaired) electrons. The molecule has 1 fully saturated rings. The minimum Gasteiger partial charge on any atom is -0.491 e. The lowest BCUT2D eigenvalue weighted by Crippen LogP contribution is -2.37. The van der Waals surface area contributed by atoms with Crippen LogP contribution in [0.2, 0.25) is 0 Å². The van der Waals surface area contributed by atoms with Gasteiger partial charge in [-0.15, -0.1) is 0 Å². The quantitative estimate of drug-likeness (QED) is 0.922. The number of anilines is 1. The first kappa shape index (κ1) is 16.4. The van der Waals surface area contributed by atoms with Crippen LogP contribution in [-0.4, -0.2) is 55.3 Å². The van der Waals surface area contributed by atoms with E-state index in [0.717, 1.165) is 61.9 Å². The lowest BCUT2D eigenvalue weighted by molar-refractivity contribution is 0.264. The minimum absolute atomic E-state index is 0.487. The van der Waals surface area contributed by atoms with Gasteiger partial charge in [0, 0.05) is 17.8 Å². The Morgan fingerprint density at radius 3 is 2.64 bits per heavy atom. The largest absolute Gasteiger partial charge is 0.491 e. The van der Waals surface area contributed by atoms with E-state index in [1.54, 1.807) is 14.2 Å². The molecule has 2 aliphatic rings. The van der Waals surface area contributed by atoms with Gasteiger partial charge in [0.1, 0.15) is 5.52 Å². The third-order valence-corrected chi connectivity index (χ3v) is 5.40. The third-order valence-electron chi connectivity index (χ3n) is 5.40. The molecule has 0 aromatic carbocycles. The average Bonchev–Trinajstić information content (AvgIpc) is 3.10. The first-order chi connectivity index (χ1) is 12.2. The zero-order valence-electron chi connectivity index (χ0n) is 15.3. The number of aryl methyl sites for hydroxylation is 1. The fourth-order valence-electron chi connectivity index (χ4n) is 3.95. The van der Waals surface area contributed by atoms with E-state index in [9.17, 15) is 0 Å². The summed E-state index contributed by atoms with van der Waals surface area (Å²) in [4.78, 5) is 12.0. The van der Waals surface area contributed by atoms with Gasteiger partial charge in [0.2, 0.25) is 0 Å². The second-order valence-electron chi connectivity index (χ2n) is 7.06. The maximum atomic E-state index is 5.42. The van der Waals surface area contributed by atoms with E-state index in [-0.39, 0.29) is 0 Å². The Morgan fingerprint density at radius 1 is 1.12 bits per heavy atom. The predicted octanol–water partition coefficient (Wildman–Crippen LogP) is 2.64. The van der Waals surface area contributed by atoms with E-state index in [4.69, 9.17) is 19.4 Å². The van der Waals surface area contributed by atoms with Crippen LogP contribution in [-0.2, 0) is 12.8 Å². The Bertz CT molecular complexity index is 785.